The third kappa shape index (κ3) is 4.32. The lowest BCUT2D eigenvalue weighted by molar-refractivity contribution is 0.0924. The van der Waals surface area contributed by atoms with Crippen LogP contribution in [0.25, 0.3) is 22.4 Å². The first-order valence-corrected chi connectivity index (χ1v) is 11.7. The summed E-state index contributed by atoms with van der Waals surface area (Å²) in [5.74, 6) is -0.280. The van der Waals surface area contributed by atoms with Crippen molar-refractivity contribution in [1.29, 1.82) is 0 Å². The van der Waals surface area contributed by atoms with Crippen molar-refractivity contribution in [2.75, 3.05) is 19.8 Å². The van der Waals surface area contributed by atoms with Crippen molar-refractivity contribution in [2.45, 2.75) is 36.5 Å². The van der Waals surface area contributed by atoms with Gasteiger partial charge in [0.1, 0.15) is 5.52 Å². The summed E-state index contributed by atoms with van der Waals surface area (Å²) in [6.07, 6.45) is 3.51. The van der Waals surface area contributed by atoms with Crippen LogP contribution >= 0.6 is 0 Å². The highest BCUT2D eigenvalue weighted by Gasteiger charge is 2.22. The molecule has 31 heavy (non-hydrogen) atoms. The number of nitrogens with one attached hydrogen (secondary N) is 2. The van der Waals surface area contributed by atoms with E-state index in [4.69, 9.17) is 0 Å². The molecule has 1 atom stereocenters. The van der Waals surface area contributed by atoms with Gasteiger partial charge in [-0.25, -0.2) is 18.4 Å². The predicted octanol–water partition coefficient (Wildman–Crippen LogP) is 1.56. The van der Waals surface area contributed by atoms with Crippen LogP contribution in [0.4, 0.5) is 0 Å². The van der Waals surface area contributed by atoms with E-state index in [0.717, 1.165) is 6.54 Å². The quantitative estimate of drug-likeness (QED) is 0.527. The Morgan fingerprint density at radius 2 is 2.06 bits per heavy atom. The number of benzene rings is 1. The zero-order valence-corrected chi connectivity index (χ0v) is 18.2. The summed E-state index contributed by atoms with van der Waals surface area (Å²) in [4.78, 5) is 26.8. The van der Waals surface area contributed by atoms with E-state index in [9.17, 15) is 18.3 Å². The number of amides is 1. The number of hydrogen-bond donors (Lipinski definition) is 3. The molecule has 0 spiro atoms. The fraction of sp³-hybridized carbons (Fsp3) is 0.381. The lowest BCUT2D eigenvalue weighted by atomic mass is 10.1. The van der Waals surface area contributed by atoms with Crippen LogP contribution in [0.3, 0.4) is 0 Å². The van der Waals surface area contributed by atoms with E-state index in [0.29, 0.717) is 47.6 Å². The fourth-order valence-corrected chi connectivity index (χ4v) is 4.59. The van der Waals surface area contributed by atoms with Gasteiger partial charge in [0.05, 0.1) is 40.4 Å². The highest BCUT2D eigenvalue weighted by atomic mass is 32.2. The summed E-state index contributed by atoms with van der Waals surface area (Å²) in [5, 5.41) is 12.0. The second kappa shape index (κ2) is 8.37. The van der Waals surface area contributed by atoms with Crippen LogP contribution in [0.1, 0.15) is 30.6 Å². The molecule has 10 heteroatoms. The number of aliphatic hydroxyl groups is 1. The molecule has 1 aromatic carbocycles. The number of carbonyl (C=O) groups excluding carboxylic acids is 1. The first-order chi connectivity index (χ1) is 14.8. The lowest BCUT2D eigenvalue weighted by Crippen LogP contribution is -2.36. The maximum Gasteiger partial charge on any atom is 0.256 e. The number of aromatic amines is 1. The average Bonchev–Trinajstić information content (AvgIpc) is 3.37. The van der Waals surface area contributed by atoms with E-state index in [1.54, 1.807) is 50.5 Å². The van der Waals surface area contributed by atoms with Crippen LogP contribution < -0.4 is 5.32 Å². The molecule has 0 bridgehead atoms. The number of carbonyl (C=O) groups is 1. The molecule has 1 amide bonds. The SMILES string of the molecule is CC(C)S(=O)(=O)c1ccc(-c2cnc3[nH]cc(C(=O)NCN4CCC(O)C4)c3n2)cc1. The summed E-state index contributed by atoms with van der Waals surface area (Å²) >= 11 is 0. The van der Waals surface area contributed by atoms with E-state index < -0.39 is 15.1 Å². The zero-order chi connectivity index (χ0) is 22.2. The summed E-state index contributed by atoms with van der Waals surface area (Å²) in [6.45, 7) is 4.92. The minimum atomic E-state index is -3.35. The molecule has 0 radical (unpaired) electrons. The maximum absolute atomic E-state index is 12.7. The highest BCUT2D eigenvalue weighted by Crippen LogP contribution is 2.24. The Morgan fingerprint density at radius 1 is 1.32 bits per heavy atom. The second-order valence-electron chi connectivity index (χ2n) is 7.96. The van der Waals surface area contributed by atoms with Gasteiger partial charge in [0.15, 0.2) is 15.5 Å². The number of sulfone groups is 1. The van der Waals surface area contributed by atoms with Crippen LogP contribution in [0, 0.1) is 0 Å². The van der Waals surface area contributed by atoms with Crippen LogP contribution in [0.5, 0.6) is 0 Å². The smallest absolute Gasteiger partial charge is 0.256 e. The minimum Gasteiger partial charge on any atom is -0.392 e. The first kappa shape index (κ1) is 21.4. The Hall–Kier alpha value is -2.82. The Kier molecular flexibility index (Phi) is 5.78. The van der Waals surface area contributed by atoms with Gasteiger partial charge < -0.3 is 15.4 Å². The third-order valence-electron chi connectivity index (χ3n) is 5.44. The van der Waals surface area contributed by atoms with Gasteiger partial charge in [-0.15, -0.1) is 0 Å². The second-order valence-corrected chi connectivity index (χ2v) is 10.5. The molecule has 0 saturated carbocycles. The van der Waals surface area contributed by atoms with Crippen LogP contribution in [0.15, 0.2) is 41.6 Å². The van der Waals surface area contributed by atoms with Gasteiger partial charge in [-0.1, -0.05) is 12.1 Å². The third-order valence-corrected chi connectivity index (χ3v) is 7.61. The molecule has 1 aliphatic heterocycles. The van der Waals surface area contributed by atoms with Crippen molar-refractivity contribution in [3.8, 4) is 11.3 Å². The normalized spacial score (nSPS) is 17.5. The molecule has 1 saturated heterocycles. The van der Waals surface area contributed by atoms with Crippen LogP contribution in [-0.2, 0) is 9.84 Å². The number of nitrogens with zero attached hydrogens (tertiary/aromatic N) is 3. The zero-order valence-electron chi connectivity index (χ0n) is 17.4. The van der Waals surface area contributed by atoms with Gasteiger partial charge in [-0.2, -0.15) is 0 Å². The van der Waals surface area contributed by atoms with Crippen LogP contribution in [0.2, 0.25) is 0 Å². The number of aromatic nitrogens is 3. The summed E-state index contributed by atoms with van der Waals surface area (Å²) in [6, 6.07) is 6.50. The van der Waals surface area contributed by atoms with Gasteiger partial charge in [0.25, 0.3) is 5.91 Å². The summed E-state index contributed by atoms with van der Waals surface area (Å²) < 4.78 is 24.6. The van der Waals surface area contributed by atoms with E-state index >= 15 is 0 Å². The standard InChI is InChI=1S/C21H25N5O4S/c1-13(2)31(29,30)16-5-3-14(4-6-16)18-10-23-20-19(25-18)17(9-22-20)21(28)24-12-26-8-7-15(27)11-26/h3-6,9-10,13,15,27H,7-8,11-12H2,1-2H3,(H,22,23)(H,24,28). The fourth-order valence-electron chi connectivity index (χ4n) is 3.53. The molecule has 1 aliphatic rings. The van der Waals surface area contributed by atoms with Crippen molar-refractivity contribution >= 4 is 26.9 Å². The molecule has 1 fully saturated rings. The molecule has 2 aromatic heterocycles. The summed E-state index contributed by atoms with van der Waals surface area (Å²) in [7, 11) is -3.35. The summed E-state index contributed by atoms with van der Waals surface area (Å²) in [5.41, 5.74) is 2.55. The monoisotopic (exact) mass is 443 g/mol. The topological polar surface area (TPSA) is 128 Å². The number of likely N-dealkylation sites (tertiary alicyclic amines) is 1. The van der Waals surface area contributed by atoms with Crippen molar-refractivity contribution in [3.63, 3.8) is 0 Å². The average molecular weight is 444 g/mol. The molecular formula is C21H25N5O4S. The predicted molar refractivity (Wildman–Crippen MR) is 116 cm³/mol. The molecule has 9 nitrogen and oxygen atoms in total. The minimum absolute atomic E-state index is 0.258. The van der Waals surface area contributed by atoms with Gasteiger partial charge in [-0.3, -0.25) is 9.69 Å². The van der Waals surface area contributed by atoms with Crippen molar-refractivity contribution in [2.24, 2.45) is 0 Å². The highest BCUT2D eigenvalue weighted by molar-refractivity contribution is 7.92. The van der Waals surface area contributed by atoms with Gasteiger partial charge in [-0.05, 0) is 32.4 Å². The van der Waals surface area contributed by atoms with Crippen molar-refractivity contribution in [1.82, 2.24) is 25.2 Å². The van der Waals surface area contributed by atoms with Gasteiger partial charge in [0.2, 0.25) is 0 Å². The number of rotatable bonds is 6. The van der Waals surface area contributed by atoms with Gasteiger partial charge >= 0.3 is 0 Å². The van der Waals surface area contributed by atoms with E-state index in [1.807, 2.05) is 4.90 Å². The van der Waals surface area contributed by atoms with E-state index in [1.165, 1.54) is 0 Å². The molecular weight excluding hydrogens is 418 g/mol. The van der Waals surface area contributed by atoms with Crippen LogP contribution in [-0.4, -0.2) is 70.4 Å². The lowest BCUT2D eigenvalue weighted by Gasteiger charge is -2.15. The van der Waals surface area contributed by atoms with E-state index in [2.05, 4.69) is 20.3 Å². The Labute approximate surface area is 180 Å². The molecule has 0 aliphatic carbocycles. The Bertz CT molecular complexity index is 1200. The van der Waals surface area contributed by atoms with Crippen molar-refractivity contribution < 1.29 is 18.3 Å². The Balaban J connectivity index is 1.56. The number of aliphatic hydroxyl groups excluding tert-OH is 1. The molecule has 1 unspecified atom stereocenters. The number of β-amino-alcohol motifs (C(OH)–C–C–N with tert-alkyl or cyclic N) is 1. The molecule has 3 heterocycles. The van der Waals surface area contributed by atoms with Gasteiger partial charge in [0, 0.05) is 24.8 Å². The number of hydrogen-bond acceptors (Lipinski definition) is 7. The van der Waals surface area contributed by atoms with Crippen molar-refractivity contribution in [3.05, 3.63) is 42.2 Å². The maximum atomic E-state index is 12.7. The molecule has 164 valence electrons. The van der Waals surface area contributed by atoms with E-state index in [-0.39, 0.29) is 16.9 Å². The largest absolute Gasteiger partial charge is 0.392 e. The Morgan fingerprint density at radius 3 is 2.71 bits per heavy atom. The number of H-pyrrole nitrogens is 1. The first-order valence-electron chi connectivity index (χ1n) is 10.1. The molecule has 4 rings (SSSR count). The number of fused-ring (bicyclic) bond motifs is 1. The molecule has 3 aromatic rings. The molecule has 3 N–H and O–H groups in total.